The second kappa shape index (κ2) is 26.3. The lowest BCUT2D eigenvalue weighted by molar-refractivity contribution is 0.199. The Bertz CT molecular complexity index is 519. The smallest absolute Gasteiger partial charge is 0.101 e. The number of aromatic nitrogens is 1. The summed E-state index contributed by atoms with van der Waals surface area (Å²) in [6.07, 6.45) is 11.2. The monoisotopic (exact) mass is 405 g/mol. The number of nitrogens with zero attached hydrogens (tertiary/aromatic N) is 2. The van der Waals surface area contributed by atoms with Crippen LogP contribution in [0.4, 0.5) is 0 Å². The number of methoxy groups -OCH3 is 1. The number of ether oxygens (including phenoxy) is 1. The Kier molecular flexibility index (Phi) is 29.0. The van der Waals surface area contributed by atoms with Crippen molar-refractivity contribution in [2.75, 3.05) is 20.3 Å². The van der Waals surface area contributed by atoms with Crippen LogP contribution in [-0.2, 0) is 11.3 Å². The van der Waals surface area contributed by atoms with Gasteiger partial charge in [0.25, 0.3) is 0 Å². The summed E-state index contributed by atoms with van der Waals surface area (Å²) in [5.74, 6) is 0.881. The topological polar surface area (TPSA) is 57.9 Å². The minimum absolute atomic E-state index is 0.662. The maximum absolute atomic E-state index is 8.76. The van der Waals surface area contributed by atoms with E-state index in [9.17, 15) is 0 Å². The van der Waals surface area contributed by atoms with Crippen molar-refractivity contribution in [1.82, 2.24) is 10.3 Å². The first-order chi connectivity index (χ1) is 14.0. The number of hydrogen-bond acceptors (Lipinski definition) is 4. The van der Waals surface area contributed by atoms with Crippen molar-refractivity contribution in [1.29, 1.82) is 5.26 Å². The van der Waals surface area contributed by atoms with E-state index in [0.717, 1.165) is 43.3 Å². The van der Waals surface area contributed by atoms with Crippen LogP contribution >= 0.6 is 0 Å². The molecule has 0 aliphatic rings. The molecule has 0 aromatic carbocycles. The molecule has 1 aromatic heterocycles. The molecule has 4 heteroatoms. The van der Waals surface area contributed by atoms with E-state index < -0.39 is 0 Å². The molecule has 1 N–H and O–H groups in total. The van der Waals surface area contributed by atoms with Gasteiger partial charge in [-0.15, -0.1) is 0 Å². The quantitative estimate of drug-likeness (QED) is 0.457. The van der Waals surface area contributed by atoms with E-state index in [1.807, 2.05) is 33.8 Å². The normalized spacial score (nSPS) is 10.5. The van der Waals surface area contributed by atoms with Crippen LogP contribution in [0, 0.1) is 24.2 Å². The molecule has 0 saturated carbocycles. The van der Waals surface area contributed by atoms with Gasteiger partial charge in [0.2, 0.25) is 0 Å². The Morgan fingerprint density at radius 3 is 2.31 bits per heavy atom. The van der Waals surface area contributed by atoms with E-state index in [-0.39, 0.29) is 0 Å². The van der Waals surface area contributed by atoms with Crippen LogP contribution in [0.15, 0.2) is 24.4 Å². The maximum Gasteiger partial charge on any atom is 0.101 e. The van der Waals surface area contributed by atoms with Crippen molar-refractivity contribution in [3.8, 4) is 6.07 Å². The number of allylic oxidation sites excluding steroid dienone is 2. The molecule has 1 aromatic rings. The molecule has 0 aliphatic carbocycles. The molecule has 168 valence electrons. The lowest BCUT2D eigenvalue weighted by atomic mass is 10.0. The summed E-state index contributed by atoms with van der Waals surface area (Å²) in [6, 6.07) is 4.00. The predicted octanol–water partition coefficient (Wildman–Crippen LogP) is 6.83. The average Bonchev–Trinajstić information content (AvgIpc) is 2.75. The Hall–Kier alpha value is -1.70. The van der Waals surface area contributed by atoms with Gasteiger partial charge in [-0.2, -0.15) is 5.26 Å². The summed E-state index contributed by atoms with van der Waals surface area (Å²) in [5, 5.41) is 11.9. The summed E-state index contributed by atoms with van der Waals surface area (Å²) in [5.41, 5.74) is 2.52. The van der Waals surface area contributed by atoms with Crippen molar-refractivity contribution in [2.24, 2.45) is 5.92 Å². The molecular weight excluding hydrogens is 358 g/mol. The van der Waals surface area contributed by atoms with Crippen molar-refractivity contribution in [3.05, 3.63) is 41.2 Å². The molecule has 0 fully saturated rings. The molecule has 4 nitrogen and oxygen atoms in total. The molecular formula is C25H47N3O. The number of nitrogens with one attached hydrogen (secondary N) is 1. The van der Waals surface area contributed by atoms with Crippen molar-refractivity contribution >= 4 is 0 Å². The molecule has 1 atom stereocenters. The molecule has 0 spiro atoms. The Morgan fingerprint density at radius 1 is 1.24 bits per heavy atom. The lowest BCUT2D eigenvalue weighted by Crippen LogP contribution is -2.12. The standard InChI is InChI=1S/C10H13N3.C9H18.C4H10O.C2H6/c1-3-12-6-9-4-10(5-11)8(2)13-7-9;1-4-6-8-9(3)7-5-2;1-3-4-5-2;1-2/h4,7,12H,3,6H2,1-2H3;4,6,9H,5,7-8H2,1-3H3;3-4H2,1-2H3;1-2H3/b;6-4+;;. The molecule has 0 saturated heterocycles. The van der Waals surface area contributed by atoms with Gasteiger partial charge in [0.1, 0.15) is 6.07 Å². The summed E-state index contributed by atoms with van der Waals surface area (Å²) in [7, 11) is 1.71. The largest absolute Gasteiger partial charge is 0.385 e. The molecule has 0 aliphatic heterocycles. The summed E-state index contributed by atoms with van der Waals surface area (Å²) in [4.78, 5) is 4.14. The second-order valence-corrected chi connectivity index (χ2v) is 6.56. The van der Waals surface area contributed by atoms with Crippen LogP contribution in [0.3, 0.4) is 0 Å². The highest BCUT2D eigenvalue weighted by atomic mass is 16.5. The van der Waals surface area contributed by atoms with E-state index in [1.54, 1.807) is 13.3 Å². The first kappa shape index (κ1) is 32.0. The van der Waals surface area contributed by atoms with Crippen LogP contribution in [0.1, 0.15) is 91.0 Å². The number of aryl methyl sites for hydroxylation is 1. The van der Waals surface area contributed by atoms with Gasteiger partial charge in [-0.05, 0) is 50.8 Å². The summed E-state index contributed by atoms with van der Waals surface area (Å²) < 4.78 is 4.69. The molecule has 1 rings (SSSR count). The maximum atomic E-state index is 8.76. The van der Waals surface area contributed by atoms with Crippen LogP contribution in [0.5, 0.6) is 0 Å². The third kappa shape index (κ3) is 22.5. The molecule has 1 heterocycles. The molecule has 1 unspecified atom stereocenters. The molecule has 0 bridgehead atoms. The zero-order chi connectivity index (χ0) is 22.9. The molecule has 0 amide bonds. The van der Waals surface area contributed by atoms with Crippen LogP contribution < -0.4 is 5.32 Å². The van der Waals surface area contributed by atoms with Gasteiger partial charge < -0.3 is 10.1 Å². The predicted molar refractivity (Wildman–Crippen MR) is 128 cm³/mol. The van der Waals surface area contributed by atoms with Crippen LogP contribution in [0.25, 0.3) is 0 Å². The van der Waals surface area contributed by atoms with Gasteiger partial charge in [0.05, 0.1) is 11.3 Å². The second-order valence-electron chi connectivity index (χ2n) is 6.56. The SMILES string of the molecule is C/C=C/CC(C)CCC.CC.CCCOC.CCNCc1cnc(C)c(C#N)c1. The van der Waals surface area contributed by atoms with Gasteiger partial charge in [-0.25, -0.2) is 0 Å². The zero-order valence-electron chi connectivity index (χ0n) is 20.6. The van der Waals surface area contributed by atoms with Gasteiger partial charge in [0.15, 0.2) is 0 Å². The van der Waals surface area contributed by atoms with Gasteiger partial charge >= 0.3 is 0 Å². The summed E-state index contributed by atoms with van der Waals surface area (Å²) in [6.45, 7) is 19.2. The Labute approximate surface area is 181 Å². The van der Waals surface area contributed by atoms with Gasteiger partial charge in [-0.1, -0.05) is 66.5 Å². The highest BCUT2D eigenvalue weighted by Gasteiger charge is 1.99. The van der Waals surface area contributed by atoms with E-state index in [1.165, 1.54) is 19.3 Å². The fourth-order valence-corrected chi connectivity index (χ4v) is 2.24. The van der Waals surface area contributed by atoms with Crippen molar-refractivity contribution in [2.45, 2.75) is 87.6 Å². The fraction of sp³-hybridized carbons (Fsp3) is 0.680. The fourth-order valence-electron chi connectivity index (χ4n) is 2.24. The number of nitriles is 1. The van der Waals surface area contributed by atoms with E-state index in [2.05, 4.69) is 56.2 Å². The minimum atomic E-state index is 0.662. The zero-order valence-corrected chi connectivity index (χ0v) is 20.6. The molecule has 0 radical (unpaired) electrons. The van der Waals surface area contributed by atoms with Crippen molar-refractivity contribution < 1.29 is 4.74 Å². The lowest BCUT2D eigenvalue weighted by Gasteiger charge is -2.04. The molecule has 29 heavy (non-hydrogen) atoms. The summed E-state index contributed by atoms with van der Waals surface area (Å²) >= 11 is 0. The van der Waals surface area contributed by atoms with E-state index >= 15 is 0 Å². The minimum Gasteiger partial charge on any atom is -0.385 e. The first-order valence-corrected chi connectivity index (χ1v) is 11.2. The Balaban J connectivity index is -0.000000368. The van der Waals surface area contributed by atoms with E-state index in [4.69, 9.17) is 10.00 Å². The van der Waals surface area contributed by atoms with Crippen molar-refractivity contribution in [3.63, 3.8) is 0 Å². The Morgan fingerprint density at radius 2 is 1.90 bits per heavy atom. The third-order valence-corrected chi connectivity index (χ3v) is 3.81. The highest BCUT2D eigenvalue weighted by Crippen LogP contribution is 2.09. The number of rotatable bonds is 9. The number of hydrogen-bond donors (Lipinski definition) is 1. The highest BCUT2D eigenvalue weighted by molar-refractivity contribution is 5.34. The van der Waals surface area contributed by atoms with Crippen LogP contribution in [0.2, 0.25) is 0 Å². The third-order valence-electron chi connectivity index (χ3n) is 3.81. The first-order valence-electron chi connectivity index (χ1n) is 11.2. The van der Waals surface area contributed by atoms with Gasteiger partial charge in [0, 0.05) is 26.5 Å². The van der Waals surface area contributed by atoms with E-state index in [0.29, 0.717) is 5.56 Å². The van der Waals surface area contributed by atoms with Gasteiger partial charge in [-0.3, -0.25) is 4.98 Å². The number of pyridine rings is 1. The average molecular weight is 406 g/mol. The van der Waals surface area contributed by atoms with Crippen LogP contribution in [-0.4, -0.2) is 25.2 Å².